The van der Waals surface area contributed by atoms with Gasteiger partial charge in [0, 0.05) is 12.3 Å². The van der Waals surface area contributed by atoms with Crippen LogP contribution in [0.2, 0.25) is 0 Å². The fourth-order valence-corrected chi connectivity index (χ4v) is 2.93. The second-order valence-corrected chi connectivity index (χ2v) is 7.15. The van der Waals surface area contributed by atoms with Crippen LogP contribution in [0.3, 0.4) is 0 Å². The van der Waals surface area contributed by atoms with E-state index in [9.17, 15) is 0 Å². The highest BCUT2D eigenvalue weighted by molar-refractivity contribution is 7.16. The number of nitrogens with two attached hydrogens (primary N) is 1. The fourth-order valence-electron chi connectivity index (χ4n) is 2.09. The lowest BCUT2D eigenvalue weighted by Gasteiger charge is -2.22. The van der Waals surface area contributed by atoms with Crippen molar-refractivity contribution in [3.05, 3.63) is 10.8 Å². The van der Waals surface area contributed by atoms with Crippen molar-refractivity contribution in [3.8, 4) is 0 Å². The van der Waals surface area contributed by atoms with Crippen molar-refractivity contribution in [1.82, 2.24) is 19.8 Å². The molecule has 5 nitrogen and oxygen atoms in total. The van der Waals surface area contributed by atoms with Gasteiger partial charge in [-0.25, -0.2) is 0 Å². The minimum atomic E-state index is 0.279. The second kappa shape index (κ2) is 5.54. The molecule has 2 aromatic rings. The molecule has 2 heterocycles. The Morgan fingerprint density at radius 1 is 1.26 bits per heavy atom. The van der Waals surface area contributed by atoms with Crippen LogP contribution in [0.1, 0.15) is 57.3 Å². The summed E-state index contributed by atoms with van der Waals surface area (Å²) in [5.41, 5.74) is 5.93. The predicted molar refractivity (Wildman–Crippen MR) is 78.5 cm³/mol. The van der Waals surface area contributed by atoms with Gasteiger partial charge in [0.1, 0.15) is 5.01 Å². The molecule has 0 saturated carbocycles. The minimum Gasteiger partial charge on any atom is -0.330 e. The molecule has 0 spiro atoms. The van der Waals surface area contributed by atoms with E-state index in [1.54, 1.807) is 11.3 Å². The topological polar surface area (TPSA) is 69.1 Å². The van der Waals surface area contributed by atoms with E-state index in [2.05, 4.69) is 43.0 Å². The molecule has 0 saturated heterocycles. The van der Waals surface area contributed by atoms with Crippen LogP contribution in [0, 0.1) is 5.41 Å². The summed E-state index contributed by atoms with van der Waals surface area (Å²) >= 11 is 1.64. The Labute approximate surface area is 118 Å². The highest BCUT2D eigenvalue weighted by atomic mass is 32.1. The van der Waals surface area contributed by atoms with E-state index in [1.807, 2.05) is 4.52 Å². The molecule has 6 heteroatoms. The third-order valence-corrected chi connectivity index (χ3v) is 4.37. The molecule has 19 heavy (non-hydrogen) atoms. The molecule has 0 radical (unpaired) electrons. The van der Waals surface area contributed by atoms with Gasteiger partial charge in [0.05, 0.1) is 0 Å². The molecule has 0 aliphatic heterocycles. The number of aromatic nitrogens is 4. The van der Waals surface area contributed by atoms with E-state index in [0.717, 1.165) is 41.6 Å². The first-order valence-corrected chi connectivity index (χ1v) is 7.66. The lowest BCUT2D eigenvalue weighted by molar-refractivity contribution is 0.313. The van der Waals surface area contributed by atoms with Crippen molar-refractivity contribution >= 4 is 16.3 Å². The van der Waals surface area contributed by atoms with Crippen LogP contribution >= 0.6 is 11.3 Å². The smallest absolute Gasteiger partial charge is 0.234 e. The third kappa shape index (κ3) is 3.30. The summed E-state index contributed by atoms with van der Waals surface area (Å²) in [5, 5.41) is 14.1. The van der Waals surface area contributed by atoms with Crippen LogP contribution in [0.5, 0.6) is 0 Å². The van der Waals surface area contributed by atoms with E-state index in [0.29, 0.717) is 5.92 Å². The fraction of sp³-hybridized carbons (Fsp3) is 0.769. The van der Waals surface area contributed by atoms with Gasteiger partial charge in [0.25, 0.3) is 0 Å². The van der Waals surface area contributed by atoms with E-state index in [4.69, 9.17) is 5.73 Å². The van der Waals surface area contributed by atoms with Crippen LogP contribution in [-0.4, -0.2) is 26.4 Å². The molecule has 0 amide bonds. The third-order valence-electron chi connectivity index (χ3n) is 3.41. The Morgan fingerprint density at radius 2 is 2.00 bits per heavy atom. The Kier molecular flexibility index (Phi) is 4.20. The first kappa shape index (κ1) is 14.4. The zero-order valence-corrected chi connectivity index (χ0v) is 13.0. The van der Waals surface area contributed by atoms with E-state index in [-0.39, 0.29) is 5.41 Å². The zero-order valence-electron chi connectivity index (χ0n) is 12.2. The maximum atomic E-state index is 5.65. The van der Waals surface area contributed by atoms with Crippen molar-refractivity contribution in [2.45, 2.75) is 52.9 Å². The normalized spacial score (nSPS) is 12.7. The van der Waals surface area contributed by atoms with Gasteiger partial charge in [-0.15, -0.1) is 10.2 Å². The predicted octanol–water partition coefficient (Wildman–Crippen LogP) is 2.62. The van der Waals surface area contributed by atoms with Crippen LogP contribution in [0.15, 0.2) is 0 Å². The minimum absolute atomic E-state index is 0.279. The van der Waals surface area contributed by atoms with Crippen LogP contribution in [-0.2, 0) is 6.42 Å². The summed E-state index contributed by atoms with van der Waals surface area (Å²) in [4.78, 5) is 0.898. The molecule has 0 aliphatic rings. The van der Waals surface area contributed by atoms with Gasteiger partial charge < -0.3 is 5.73 Å². The van der Waals surface area contributed by atoms with Crippen molar-refractivity contribution < 1.29 is 0 Å². The van der Waals surface area contributed by atoms with Gasteiger partial charge >= 0.3 is 0 Å². The number of rotatable bonds is 6. The number of hydrogen-bond donors (Lipinski definition) is 1. The van der Waals surface area contributed by atoms with Crippen molar-refractivity contribution in [2.24, 2.45) is 11.1 Å². The Morgan fingerprint density at radius 3 is 2.63 bits per heavy atom. The molecule has 0 aromatic carbocycles. The molecule has 0 unspecified atom stereocenters. The van der Waals surface area contributed by atoms with Gasteiger partial charge in [-0.05, 0) is 24.8 Å². The summed E-state index contributed by atoms with van der Waals surface area (Å²) < 4.78 is 1.89. The van der Waals surface area contributed by atoms with Crippen LogP contribution < -0.4 is 5.73 Å². The van der Waals surface area contributed by atoms with Gasteiger partial charge in [-0.3, -0.25) is 0 Å². The largest absolute Gasteiger partial charge is 0.330 e. The molecule has 106 valence electrons. The molecule has 0 fully saturated rings. The average molecular weight is 281 g/mol. The monoisotopic (exact) mass is 281 g/mol. The SMILES string of the molecule is CC(C)c1nnc2sc(CCC(C)(C)CCN)nn12. The molecule has 0 atom stereocenters. The zero-order chi connectivity index (χ0) is 14.0. The number of hydrogen-bond acceptors (Lipinski definition) is 5. The van der Waals surface area contributed by atoms with Crippen molar-refractivity contribution in [2.75, 3.05) is 6.54 Å². The molecule has 2 N–H and O–H groups in total. The maximum Gasteiger partial charge on any atom is 0.234 e. The molecule has 0 bridgehead atoms. The van der Waals surface area contributed by atoms with Gasteiger partial charge in [-0.1, -0.05) is 39.0 Å². The molecular weight excluding hydrogens is 258 g/mol. The summed E-state index contributed by atoms with van der Waals surface area (Å²) in [5.74, 6) is 1.29. The molecule has 0 aliphatic carbocycles. The van der Waals surface area contributed by atoms with Crippen molar-refractivity contribution in [3.63, 3.8) is 0 Å². The van der Waals surface area contributed by atoms with Gasteiger partial charge in [-0.2, -0.15) is 9.61 Å². The van der Waals surface area contributed by atoms with E-state index in [1.165, 1.54) is 0 Å². The Bertz CT molecular complexity index is 540. The van der Waals surface area contributed by atoms with Crippen molar-refractivity contribution in [1.29, 1.82) is 0 Å². The Balaban J connectivity index is 2.10. The Hall–Kier alpha value is -1.01. The van der Waals surface area contributed by atoms with Crippen LogP contribution in [0.4, 0.5) is 0 Å². The number of aryl methyl sites for hydroxylation is 1. The van der Waals surface area contributed by atoms with Gasteiger partial charge in [0.15, 0.2) is 5.82 Å². The number of fused-ring (bicyclic) bond motifs is 1. The highest BCUT2D eigenvalue weighted by Crippen LogP contribution is 2.28. The number of nitrogens with zero attached hydrogens (tertiary/aromatic N) is 4. The second-order valence-electron chi connectivity index (χ2n) is 6.11. The standard InChI is InChI=1S/C13H23N5S/c1-9(2)11-15-16-12-18(11)17-10(19-12)5-6-13(3,4)7-8-14/h9H,5-8,14H2,1-4H3. The first-order chi connectivity index (χ1) is 8.93. The van der Waals surface area contributed by atoms with Crippen LogP contribution in [0.25, 0.3) is 4.96 Å². The summed E-state index contributed by atoms with van der Waals surface area (Å²) in [6.45, 7) is 9.49. The lowest BCUT2D eigenvalue weighted by Crippen LogP contribution is -2.17. The maximum absolute atomic E-state index is 5.65. The van der Waals surface area contributed by atoms with E-state index >= 15 is 0 Å². The van der Waals surface area contributed by atoms with Gasteiger partial charge in [0.2, 0.25) is 4.96 Å². The summed E-state index contributed by atoms with van der Waals surface area (Å²) in [6, 6.07) is 0. The average Bonchev–Trinajstić information content (AvgIpc) is 2.84. The lowest BCUT2D eigenvalue weighted by atomic mass is 9.84. The quantitative estimate of drug-likeness (QED) is 0.883. The highest BCUT2D eigenvalue weighted by Gasteiger charge is 2.19. The summed E-state index contributed by atoms with van der Waals surface area (Å²) in [6.07, 6.45) is 3.14. The molecular formula is C13H23N5S. The molecule has 2 rings (SSSR count). The first-order valence-electron chi connectivity index (χ1n) is 6.84. The summed E-state index contributed by atoms with van der Waals surface area (Å²) in [7, 11) is 0. The molecule has 2 aromatic heterocycles. The van der Waals surface area contributed by atoms with E-state index < -0.39 is 0 Å².